The minimum Gasteiger partial charge on any atom is -0.375 e. The lowest BCUT2D eigenvalue weighted by Gasteiger charge is -2.22. The van der Waals surface area contributed by atoms with E-state index in [1.54, 1.807) is 0 Å². The highest BCUT2D eigenvalue weighted by Crippen LogP contribution is 2.19. The number of hydrogen-bond donors (Lipinski definition) is 1. The van der Waals surface area contributed by atoms with Crippen LogP contribution in [0.15, 0.2) is 54.6 Å². The molecule has 2 rings (SSSR count). The summed E-state index contributed by atoms with van der Waals surface area (Å²) in [6.45, 7) is 3.69. The van der Waals surface area contributed by atoms with E-state index in [0.29, 0.717) is 31.9 Å². The molecule has 0 aliphatic rings. The third-order valence-electron chi connectivity index (χ3n) is 4.48. The Morgan fingerprint density at radius 2 is 1.72 bits per heavy atom. The number of nitrogens with one attached hydrogen (secondary N) is 1. The molecule has 1 amide bonds. The van der Waals surface area contributed by atoms with Crippen LogP contribution in [0.4, 0.5) is 5.69 Å². The first-order valence-corrected chi connectivity index (χ1v) is 11.7. The van der Waals surface area contributed by atoms with Crippen molar-refractivity contribution in [2.24, 2.45) is 0 Å². The van der Waals surface area contributed by atoms with Crippen molar-refractivity contribution in [1.82, 2.24) is 5.32 Å². The topological polar surface area (TPSA) is 75.7 Å². The van der Waals surface area contributed by atoms with E-state index in [4.69, 9.17) is 4.74 Å². The van der Waals surface area contributed by atoms with Gasteiger partial charge in [0.2, 0.25) is 15.9 Å². The number of aryl methyl sites for hydroxylation is 1. The summed E-state index contributed by atoms with van der Waals surface area (Å²) >= 11 is 0. The zero-order valence-corrected chi connectivity index (χ0v) is 18.0. The number of amides is 1. The van der Waals surface area contributed by atoms with Crippen LogP contribution in [0.3, 0.4) is 0 Å². The summed E-state index contributed by atoms with van der Waals surface area (Å²) in [5.74, 6) is -0.108. The summed E-state index contributed by atoms with van der Waals surface area (Å²) in [7, 11) is -3.40. The Balaban J connectivity index is 1.70. The van der Waals surface area contributed by atoms with Gasteiger partial charge in [-0.2, -0.15) is 0 Å². The fraction of sp³-hybridized carbons (Fsp3) is 0.409. The van der Waals surface area contributed by atoms with Crippen LogP contribution in [-0.4, -0.2) is 40.3 Å². The predicted molar refractivity (Wildman–Crippen MR) is 116 cm³/mol. The largest absolute Gasteiger partial charge is 0.375 e. The van der Waals surface area contributed by atoms with Gasteiger partial charge in [0.25, 0.3) is 0 Å². The summed E-state index contributed by atoms with van der Waals surface area (Å²) in [6.07, 6.45) is 2.79. The fourth-order valence-electron chi connectivity index (χ4n) is 2.88. The van der Waals surface area contributed by atoms with E-state index in [2.05, 4.69) is 12.2 Å². The lowest BCUT2D eigenvalue weighted by Crippen LogP contribution is -2.32. The first-order valence-electron chi connectivity index (χ1n) is 9.85. The summed E-state index contributed by atoms with van der Waals surface area (Å²) < 4.78 is 31.1. The maximum atomic E-state index is 12.1. The van der Waals surface area contributed by atoms with Crippen molar-refractivity contribution in [3.05, 3.63) is 65.7 Å². The molecule has 0 radical (unpaired) electrons. The van der Waals surface area contributed by atoms with Gasteiger partial charge in [-0.05, 0) is 36.1 Å². The van der Waals surface area contributed by atoms with E-state index >= 15 is 0 Å². The zero-order chi connectivity index (χ0) is 21.1. The van der Waals surface area contributed by atoms with Gasteiger partial charge in [0, 0.05) is 19.5 Å². The van der Waals surface area contributed by atoms with Crippen LogP contribution >= 0.6 is 0 Å². The number of nitrogens with zero attached hydrogens (tertiary/aromatic N) is 1. The highest BCUT2D eigenvalue weighted by atomic mass is 32.2. The molecular formula is C22H30N2O4S. The third-order valence-corrected chi connectivity index (χ3v) is 5.67. The molecule has 0 saturated carbocycles. The molecule has 29 heavy (non-hydrogen) atoms. The summed E-state index contributed by atoms with van der Waals surface area (Å²) in [4.78, 5) is 12.0. The molecule has 0 heterocycles. The molecule has 0 aliphatic carbocycles. The van der Waals surface area contributed by atoms with Gasteiger partial charge < -0.3 is 10.1 Å². The van der Waals surface area contributed by atoms with Gasteiger partial charge in [0.1, 0.15) is 0 Å². The van der Waals surface area contributed by atoms with Gasteiger partial charge in [-0.25, -0.2) is 8.42 Å². The zero-order valence-electron chi connectivity index (χ0n) is 17.1. The van der Waals surface area contributed by atoms with Crippen molar-refractivity contribution in [2.45, 2.75) is 32.8 Å². The third kappa shape index (κ3) is 8.25. The molecule has 0 aromatic heterocycles. The average Bonchev–Trinajstić information content (AvgIpc) is 2.71. The molecule has 1 N–H and O–H groups in total. The molecule has 0 atom stereocenters. The molecule has 0 saturated heterocycles. The Labute approximate surface area is 173 Å². The highest BCUT2D eigenvalue weighted by Gasteiger charge is 2.17. The number of rotatable bonds is 12. The van der Waals surface area contributed by atoms with E-state index in [-0.39, 0.29) is 18.9 Å². The number of carbonyl (C=O) groups excluding carboxylic acids is 1. The molecular weight excluding hydrogens is 388 g/mol. The SMILES string of the molecule is CCc1ccc(N(CCCC(=O)NCCOCc2ccccc2)S(C)(=O)=O)cc1. The minimum absolute atomic E-state index is 0.108. The Hall–Kier alpha value is -2.38. The van der Waals surface area contributed by atoms with E-state index in [0.717, 1.165) is 17.5 Å². The smallest absolute Gasteiger partial charge is 0.232 e. The molecule has 0 aliphatic heterocycles. The Kier molecular flexibility index (Phi) is 9.15. The fourth-order valence-corrected chi connectivity index (χ4v) is 3.85. The van der Waals surface area contributed by atoms with Crippen LogP contribution < -0.4 is 9.62 Å². The van der Waals surface area contributed by atoms with E-state index in [9.17, 15) is 13.2 Å². The molecule has 0 spiro atoms. The number of benzene rings is 2. The Morgan fingerprint density at radius 3 is 2.34 bits per heavy atom. The van der Waals surface area contributed by atoms with E-state index in [1.165, 1.54) is 10.6 Å². The number of anilines is 1. The number of sulfonamides is 1. The van der Waals surface area contributed by atoms with Crippen LogP contribution in [0.25, 0.3) is 0 Å². The van der Waals surface area contributed by atoms with Gasteiger partial charge in [-0.15, -0.1) is 0 Å². The van der Waals surface area contributed by atoms with Crippen molar-refractivity contribution >= 4 is 21.6 Å². The molecule has 0 bridgehead atoms. The molecule has 0 unspecified atom stereocenters. The van der Waals surface area contributed by atoms with Crippen LogP contribution in [0, 0.1) is 0 Å². The minimum atomic E-state index is -3.40. The highest BCUT2D eigenvalue weighted by molar-refractivity contribution is 7.92. The quantitative estimate of drug-likeness (QED) is 0.538. The molecule has 6 nitrogen and oxygen atoms in total. The second kappa shape index (κ2) is 11.6. The van der Waals surface area contributed by atoms with Gasteiger partial charge >= 0.3 is 0 Å². The van der Waals surface area contributed by atoms with Gasteiger partial charge in [-0.3, -0.25) is 9.10 Å². The normalized spacial score (nSPS) is 11.2. The molecule has 2 aromatic rings. The lowest BCUT2D eigenvalue weighted by atomic mass is 10.1. The van der Waals surface area contributed by atoms with Crippen molar-refractivity contribution in [1.29, 1.82) is 0 Å². The van der Waals surface area contributed by atoms with Crippen molar-refractivity contribution in [2.75, 3.05) is 30.3 Å². The molecule has 2 aromatic carbocycles. The molecule has 158 valence electrons. The summed E-state index contributed by atoms with van der Waals surface area (Å²) in [5, 5.41) is 2.80. The monoisotopic (exact) mass is 418 g/mol. The molecule has 0 fully saturated rings. The van der Waals surface area contributed by atoms with E-state index in [1.807, 2.05) is 54.6 Å². The summed E-state index contributed by atoms with van der Waals surface area (Å²) in [6, 6.07) is 17.3. The Bertz CT molecular complexity index is 852. The maximum absolute atomic E-state index is 12.1. The van der Waals surface area contributed by atoms with Crippen molar-refractivity contribution < 1.29 is 17.9 Å². The van der Waals surface area contributed by atoms with Gasteiger partial charge in [0.05, 0.1) is 25.2 Å². The first-order chi connectivity index (χ1) is 13.9. The molecule has 7 heteroatoms. The van der Waals surface area contributed by atoms with Gasteiger partial charge in [0.15, 0.2) is 0 Å². The lowest BCUT2D eigenvalue weighted by molar-refractivity contribution is -0.121. The predicted octanol–water partition coefficient (Wildman–Crippen LogP) is 3.13. The maximum Gasteiger partial charge on any atom is 0.232 e. The first kappa shape index (κ1) is 22.9. The summed E-state index contributed by atoms with van der Waals surface area (Å²) in [5.41, 5.74) is 2.86. The van der Waals surface area contributed by atoms with Crippen molar-refractivity contribution in [3.8, 4) is 0 Å². The van der Waals surface area contributed by atoms with Gasteiger partial charge in [-0.1, -0.05) is 49.4 Å². The Morgan fingerprint density at radius 1 is 1.03 bits per heavy atom. The van der Waals surface area contributed by atoms with Crippen molar-refractivity contribution in [3.63, 3.8) is 0 Å². The number of hydrogen-bond acceptors (Lipinski definition) is 4. The van der Waals surface area contributed by atoms with Crippen LogP contribution in [0.5, 0.6) is 0 Å². The van der Waals surface area contributed by atoms with E-state index < -0.39 is 10.0 Å². The average molecular weight is 419 g/mol. The second-order valence-corrected chi connectivity index (χ2v) is 8.75. The number of carbonyl (C=O) groups is 1. The van der Waals surface area contributed by atoms with Crippen LogP contribution in [0.2, 0.25) is 0 Å². The van der Waals surface area contributed by atoms with Crippen LogP contribution in [0.1, 0.15) is 30.9 Å². The standard InChI is InChI=1S/C22H30N2O4S/c1-3-19-11-13-21(14-12-19)24(29(2,26)27)16-7-10-22(25)23-15-17-28-18-20-8-5-4-6-9-20/h4-6,8-9,11-14H,3,7,10,15-18H2,1-2H3,(H,23,25). The second-order valence-electron chi connectivity index (χ2n) is 6.85. The van der Waals surface area contributed by atoms with Crippen LogP contribution in [-0.2, 0) is 32.6 Å². The number of ether oxygens (including phenoxy) is 1.